The number of benzene rings is 1. The lowest BCUT2D eigenvalue weighted by molar-refractivity contribution is -0.127. The Hall–Kier alpha value is -3.14. The summed E-state index contributed by atoms with van der Waals surface area (Å²) in [5, 5.41) is 0.613. The Morgan fingerprint density at radius 2 is 1.87 bits per heavy atom. The van der Waals surface area contributed by atoms with E-state index in [1.54, 1.807) is 26.3 Å². The molecule has 1 saturated heterocycles. The van der Waals surface area contributed by atoms with Crippen LogP contribution < -0.4 is 16.0 Å². The van der Waals surface area contributed by atoms with Gasteiger partial charge in [-0.05, 0) is 25.0 Å². The van der Waals surface area contributed by atoms with Crippen LogP contribution in [0.15, 0.2) is 38.9 Å². The Bertz CT molecular complexity index is 1280. The second kappa shape index (κ2) is 8.54. The fraction of sp³-hybridized carbons (Fsp3) is 0.381. The summed E-state index contributed by atoms with van der Waals surface area (Å²) in [6, 6.07) is 7.23. The molecule has 31 heavy (non-hydrogen) atoms. The minimum absolute atomic E-state index is 0.0128. The third kappa shape index (κ3) is 3.95. The molecule has 0 N–H and O–H groups in total. The molecule has 0 bridgehead atoms. The number of methoxy groups -OCH3 is 1. The van der Waals surface area contributed by atoms with Crippen LogP contribution in [0.3, 0.4) is 0 Å². The predicted octanol–water partition coefficient (Wildman–Crippen LogP) is 1.42. The van der Waals surface area contributed by atoms with Crippen LogP contribution in [0.1, 0.15) is 12.8 Å². The van der Waals surface area contributed by atoms with E-state index < -0.39 is 11.2 Å². The molecule has 0 saturated carbocycles. The number of rotatable bonds is 5. The van der Waals surface area contributed by atoms with Crippen molar-refractivity contribution < 1.29 is 9.53 Å². The van der Waals surface area contributed by atoms with Gasteiger partial charge in [-0.15, -0.1) is 0 Å². The summed E-state index contributed by atoms with van der Waals surface area (Å²) in [6.07, 6.45) is 2.02. The molecule has 1 aliphatic rings. The minimum Gasteiger partial charge on any atom is -0.497 e. The van der Waals surface area contributed by atoms with E-state index in [-0.39, 0.29) is 22.7 Å². The molecule has 10 heteroatoms. The average Bonchev–Trinajstić information content (AvgIpc) is 3.34. The molecule has 0 aliphatic carbocycles. The van der Waals surface area contributed by atoms with E-state index in [9.17, 15) is 14.4 Å². The predicted molar refractivity (Wildman–Crippen MR) is 119 cm³/mol. The Balaban J connectivity index is 1.85. The molecule has 162 valence electrons. The third-order valence-electron chi connectivity index (χ3n) is 5.39. The molecular weight excluding hydrogens is 418 g/mol. The standard InChI is InChI=1S/C21H23N5O4S/c1-24-18-16(20(28)25(2)21(24)29)19(31-12-15(27)26-9-4-5-10-26)23-17(22-18)13-7-6-8-14(11-13)30-3/h6-8,11H,4-5,9-10,12H2,1-3H3. The lowest BCUT2D eigenvalue weighted by Crippen LogP contribution is -2.37. The SMILES string of the molecule is COc1cccc(-c2nc(SCC(=O)N3CCCC3)c3c(=O)n(C)c(=O)n(C)c3n2)c1. The number of carbonyl (C=O) groups is 1. The monoisotopic (exact) mass is 441 g/mol. The van der Waals surface area contributed by atoms with Crippen LogP contribution >= 0.6 is 11.8 Å². The van der Waals surface area contributed by atoms with Crippen LogP contribution in [0, 0.1) is 0 Å². The van der Waals surface area contributed by atoms with Gasteiger partial charge in [0.05, 0.1) is 12.9 Å². The molecule has 0 spiro atoms. The highest BCUT2D eigenvalue weighted by Crippen LogP contribution is 2.28. The Labute approximate surface area is 182 Å². The molecule has 1 aromatic carbocycles. The number of aryl methyl sites for hydroxylation is 1. The first kappa shape index (κ1) is 21.1. The van der Waals surface area contributed by atoms with Crippen molar-refractivity contribution in [2.75, 3.05) is 26.0 Å². The van der Waals surface area contributed by atoms with E-state index in [1.165, 1.54) is 23.4 Å². The molecule has 0 unspecified atom stereocenters. The largest absolute Gasteiger partial charge is 0.497 e. The van der Waals surface area contributed by atoms with E-state index in [0.29, 0.717) is 22.2 Å². The van der Waals surface area contributed by atoms with Crippen LogP contribution in [0.25, 0.3) is 22.4 Å². The quantitative estimate of drug-likeness (QED) is 0.436. The topological polar surface area (TPSA) is 99.3 Å². The van der Waals surface area contributed by atoms with Crippen LogP contribution in [0.2, 0.25) is 0 Å². The number of hydrogen-bond acceptors (Lipinski definition) is 7. The summed E-state index contributed by atoms with van der Waals surface area (Å²) in [5.74, 6) is 1.16. The van der Waals surface area contributed by atoms with E-state index in [1.807, 2.05) is 17.0 Å². The van der Waals surface area contributed by atoms with Gasteiger partial charge in [-0.2, -0.15) is 0 Å². The highest BCUT2D eigenvalue weighted by atomic mass is 32.2. The van der Waals surface area contributed by atoms with E-state index >= 15 is 0 Å². The first-order valence-corrected chi connectivity index (χ1v) is 10.9. The van der Waals surface area contributed by atoms with Crippen molar-refractivity contribution in [3.05, 3.63) is 45.1 Å². The van der Waals surface area contributed by atoms with Crippen molar-refractivity contribution >= 4 is 28.7 Å². The van der Waals surface area contributed by atoms with Crippen molar-refractivity contribution in [1.29, 1.82) is 0 Å². The third-order valence-corrected chi connectivity index (χ3v) is 6.35. The van der Waals surface area contributed by atoms with Gasteiger partial charge >= 0.3 is 5.69 Å². The first-order valence-electron chi connectivity index (χ1n) is 9.93. The van der Waals surface area contributed by atoms with Gasteiger partial charge in [0.15, 0.2) is 11.5 Å². The Morgan fingerprint density at radius 1 is 1.13 bits per heavy atom. The van der Waals surface area contributed by atoms with Gasteiger partial charge in [-0.1, -0.05) is 23.9 Å². The lowest BCUT2D eigenvalue weighted by atomic mass is 10.2. The van der Waals surface area contributed by atoms with Gasteiger partial charge in [0.2, 0.25) is 5.91 Å². The maximum absolute atomic E-state index is 12.9. The normalized spacial score (nSPS) is 13.7. The molecule has 2 aromatic heterocycles. The molecule has 0 atom stereocenters. The summed E-state index contributed by atoms with van der Waals surface area (Å²) < 4.78 is 7.65. The zero-order valence-corrected chi connectivity index (χ0v) is 18.4. The maximum Gasteiger partial charge on any atom is 0.332 e. The van der Waals surface area contributed by atoms with Crippen molar-refractivity contribution in [3.63, 3.8) is 0 Å². The zero-order chi connectivity index (χ0) is 22.1. The van der Waals surface area contributed by atoms with E-state index in [4.69, 9.17) is 4.74 Å². The van der Waals surface area contributed by atoms with Crippen LogP contribution in [0.5, 0.6) is 5.75 Å². The van der Waals surface area contributed by atoms with Gasteiger partial charge in [-0.25, -0.2) is 14.8 Å². The molecular formula is C21H23N5O4S. The number of amides is 1. The minimum atomic E-state index is -0.480. The van der Waals surface area contributed by atoms with Gasteiger partial charge in [0.25, 0.3) is 5.56 Å². The molecule has 1 amide bonds. The number of nitrogens with zero attached hydrogens (tertiary/aromatic N) is 5. The summed E-state index contributed by atoms with van der Waals surface area (Å²) in [5.41, 5.74) is -0.0394. The van der Waals surface area contributed by atoms with Crippen molar-refractivity contribution in [2.24, 2.45) is 14.1 Å². The smallest absolute Gasteiger partial charge is 0.332 e. The number of hydrogen-bond donors (Lipinski definition) is 0. The Morgan fingerprint density at radius 3 is 2.58 bits per heavy atom. The number of likely N-dealkylation sites (tertiary alicyclic amines) is 1. The van der Waals surface area contributed by atoms with Crippen LogP contribution in [-0.2, 0) is 18.9 Å². The van der Waals surface area contributed by atoms with Gasteiger partial charge < -0.3 is 9.64 Å². The van der Waals surface area contributed by atoms with Crippen molar-refractivity contribution in [2.45, 2.75) is 17.9 Å². The average molecular weight is 442 g/mol. The number of ether oxygens (including phenoxy) is 1. The zero-order valence-electron chi connectivity index (χ0n) is 17.6. The summed E-state index contributed by atoms with van der Waals surface area (Å²) in [4.78, 5) is 48.9. The van der Waals surface area contributed by atoms with Crippen molar-refractivity contribution in [1.82, 2.24) is 24.0 Å². The van der Waals surface area contributed by atoms with Gasteiger partial charge in [0.1, 0.15) is 16.2 Å². The molecule has 1 fully saturated rings. The summed E-state index contributed by atoms with van der Waals surface area (Å²) in [6.45, 7) is 1.52. The summed E-state index contributed by atoms with van der Waals surface area (Å²) in [7, 11) is 4.55. The molecule has 3 aromatic rings. The molecule has 0 radical (unpaired) electrons. The number of aromatic nitrogens is 4. The van der Waals surface area contributed by atoms with Crippen molar-refractivity contribution in [3.8, 4) is 17.1 Å². The highest BCUT2D eigenvalue weighted by molar-refractivity contribution is 8.00. The number of carbonyl (C=O) groups excluding carboxylic acids is 1. The fourth-order valence-corrected chi connectivity index (χ4v) is 4.53. The van der Waals surface area contributed by atoms with Gasteiger partial charge in [-0.3, -0.25) is 18.7 Å². The first-order chi connectivity index (χ1) is 14.9. The molecule has 9 nitrogen and oxygen atoms in total. The van der Waals surface area contributed by atoms with E-state index in [2.05, 4.69) is 9.97 Å². The van der Waals surface area contributed by atoms with Crippen LogP contribution in [0.4, 0.5) is 0 Å². The Kier molecular flexibility index (Phi) is 5.81. The second-order valence-electron chi connectivity index (χ2n) is 7.37. The molecule has 1 aliphatic heterocycles. The fourth-order valence-electron chi connectivity index (χ4n) is 3.61. The lowest BCUT2D eigenvalue weighted by Gasteiger charge is -2.15. The summed E-state index contributed by atoms with van der Waals surface area (Å²) >= 11 is 1.20. The van der Waals surface area contributed by atoms with Crippen LogP contribution in [-0.4, -0.2) is 55.9 Å². The number of thioether (sulfide) groups is 1. The number of fused-ring (bicyclic) bond motifs is 1. The van der Waals surface area contributed by atoms with E-state index in [0.717, 1.165) is 30.5 Å². The highest BCUT2D eigenvalue weighted by Gasteiger charge is 2.22. The molecule has 3 heterocycles. The van der Waals surface area contributed by atoms with Gasteiger partial charge in [0, 0.05) is 32.7 Å². The maximum atomic E-state index is 12.9. The molecule has 4 rings (SSSR count). The second-order valence-corrected chi connectivity index (χ2v) is 8.33.